The van der Waals surface area contributed by atoms with Gasteiger partial charge in [-0.1, -0.05) is 86.8 Å². The summed E-state index contributed by atoms with van der Waals surface area (Å²) in [5.41, 5.74) is 5.38. The Bertz CT molecular complexity index is 1320. The Morgan fingerprint density at radius 2 is 1.66 bits per heavy atom. The second-order valence-corrected chi connectivity index (χ2v) is 10.1. The van der Waals surface area contributed by atoms with E-state index in [0.717, 1.165) is 79.3 Å². The van der Waals surface area contributed by atoms with Gasteiger partial charge in [0.1, 0.15) is 17.3 Å². The molecule has 0 radical (unpaired) electrons. The maximum absolute atomic E-state index is 9.86. The van der Waals surface area contributed by atoms with Crippen LogP contribution in [0, 0.1) is 0 Å². The summed E-state index contributed by atoms with van der Waals surface area (Å²) >= 11 is 6.53. The van der Waals surface area contributed by atoms with Crippen LogP contribution in [0.15, 0.2) is 72.8 Å². The van der Waals surface area contributed by atoms with Crippen molar-refractivity contribution in [3.63, 3.8) is 0 Å². The molecule has 0 amide bonds. The lowest BCUT2D eigenvalue weighted by atomic mass is 10.1. The van der Waals surface area contributed by atoms with Gasteiger partial charge in [-0.25, -0.2) is 4.98 Å². The van der Waals surface area contributed by atoms with E-state index in [0.29, 0.717) is 11.6 Å². The first-order chi connectivity index (χ1) is 18.5. The third-order valence-corrected chi connectivity index (χ3v) is 7.17. The number of phenols is 1. The van der Waals surface area contributed by atoms with Crippen LogP contribution in [0.3, 0.4) is 0 Å². The molecule has 0 spiro atoms. The zero-order chi connectivity index (χ0) is 26.9. The molecule has 6 heteroatoms. The zero-order valence-corrected chi connectivity index (χ0v) is 23.4. The van der Waals surface area contributed by atoms with Crippen LogP contribution >= 0.6 is 11.6 Å². The largest absolute Gasteiger partial charge is 0.508 e. The number of ether oxygens (including phenoxy) is 1. The lowest BCUT2D eigenvalue weighted by molar-refractivity contribution is 0.246. The average molecular weight is 532 g/mol. The number of phenolic OH excluding ortho intramolecular Hbond substituents is 1. The molecule has 0 unspecified atom stereocenters. The van der Waals surface area contributed by atoms with Crippen molar-refractivity contribution in [1.29, 1.82) is 0 Å². The van der Waals surface area contributed by atoms with Crippen LogP contribution in [-0.4, -0.2) is 33.2 Å². The van der Waals surface area contributed by atoms with Crippen LogP contribution in [0.25, 0.3) is 22.6 Å². The van der Waals surface area contributed by atoms with Crippen LogP contribution in [0.1, 0.15) is 50.8 Å². The fourth-order valence-electron chi connectivity index (χ4n) is 4.73. The molecule has 4 rings (SSSR count). The molecule has 0 saturated heterocycles. The number of imidazole rings is 1. The highest BCUT2D eigenvalue weighted by molar-refractivity contribution is 6.31. The van der Waals surface area contributed by atoms with Gasteiger partial charge in [-0.3, -0.25) is 4.90 Å². The van der Waals surface area contributed by atoms with Crippen LogP contribution in [0.2, 0.25) is 5.02 Å². The van der Waals surface area contributed by atoms with Crippen molar-refractivity contribution in [1.82, 2.24) is 14.5 Å². The molecule has 0 aliphatic rings. The number of nitrogens with zero attached hydrogens (tertiary/aromatic N) is 3. The molecule has 0 saturated carbocycles. The van der Waals surface area contributed by atoms with E-state index in [9.17, 15) is 5.11 Å². The van der Waals surface area contributed by atoms with Gasteiger partial charge >= 0.3 is 0 Å². The van der Waals surface area contributed by atoms with Crippen molar-refractivity contribution >= 4 is 11.6 Å². The first-order valence-corrected chi connectivity index (χ1v) is 13.9. The van der Waals surface area contributed by atoms with Gasteiger partial charge in [0.05, 0.1) is 18.5 Å². The Balaban J connectivity index is 1.82. The molecule has 0 aliphatic heterocycles. The third kappa shape index (κ3) is 6.77. The summed E-state index contributed by atoms with van der Waals surface area (Å²) in [7, 11) is 1.70. The highest BCUT2D eigenvalue weighted by Crippen LogP contribution is 2.33. The third-order valence-electron chi connectivity index (χ3n) is 6.81. The van der Waals surface area contributed by atoms with E-state index in [1.807, 2.05) is 24.3 Å². The summed E-state index contributed by atoms with van der Waals surface area (Å²) in [6.45, 7) is 7.70. The van der Waals surface area contributed by atoms with Gasteiger partial charge in [-0.2, -0.15) is 0 Å². The van der Waals surface area contributed by atoms with E-state index in [2.05, 4.69) is 59.7 Å². The lowest BCUT2D eigenvalue weighted by Gasteiger charge is -2.25. The topological polar surface area (TPSA) is 50.5 Å². The average Bonchev–Trinajstić information content (AvgIpc) is 3.30. The summed E-state index contributed by atoms with van der Waals surface area (Å²) in [5.74, 6) is 1.97. The highest BCUT2D eigenvalue weighted by atomic mass is 35.5. The molecule has 0 fully saturated rings. The van der Waals surface area contributed by atoms with E-state index >= 15 is 0 Å². The Hall–Kier alpha value is -3.28. The van der Waals surface area contributed by atoms with Crippen molar-refractivity contribution in [2.75, 3.05) is 13.7 Å². The molecule has 200 valence electrons. The van der Waals surface area contributed by atoms with Crippen LogP contribution < -0.4 is 4.74 Å². The maximum Gasteiger partial charge on any atom is 0.141 e. The summed E-state index contributed by atoms with van der Waals surface area (Å²) in [5, 5.41) is 10.4. The van der Waals surface area contributed by atoms with Crippen LogP contribution in [-0.2, 0) is 19.6 Å². The quantitative estimate of drug-likeness (QED) is 0.189. The fourth-order valence-corrected chi connectivity index (χ4v) is 4.96. The summed E-state index contributed by atoms with van der Waals surface area (Å²) in [6, 6.07) is 23.9. The van der Waals surface area contributed by atoms with E-state index in [-0.39, 0.29) is 5.75 Å². The SMILES string of the molecule is CCCCN(Cc1ccc(O)cc1Cl)Cc1c(-c2ccccc2)nc(-c2cccc(OC)c2)n1CCCC. The van der Waals surface area contributed by atoms with Crippen LogP contribution in [0.4, 0.5) is 0 Å². The van der Waals surface area contributed by atoms with E-state index < -0.39 is 0 Å². The highest BCUT2D eigenvalue weighted by Gasteiger charge is 2.22. The van der Waals surface area contributed by atoms with Gasteiger partial charge in [-0.05, 0) is 49.2 Å². The minimum absolute atomic E-state index is 0.186. The molecule has 38 heavy (non-hydrogen) atoms. The number of aromatic hydroxyl groups is 1. The van der Waals surface area contributed by atoms with E-state index in [1.54, 1.807) is 19.2 Å². The number of methoxy groups -OCH3 is 1. The molecule has 4 aromatic rings. The van der Waals surface area contributed by atoms with Crippen molar-refractivity contribution in [3.05, 3.63) is 89.1 Å². The Morgan fingerprint density at radius 3 is 2.37 bits per heavy atom. The number of benzene rings is 3. The molecular weight excluding hydrogens is 494 g/mol. The van der Waals surface area contributed by atoms with Crippen molar-refractivity contribution in [3.8, 4) is 34.1 Å². The number of aromatic nitrogens is 2. The maximum atomic E-state index is 9.86. The lowest BCUT2D eigenvalue weighted by Crippen LogP contribution is -2.26. The fraction of sp³-hybridized carbons (Fsp3) is 0.344. The number of rotatable bonds is 13. The standard InChI is InChI=1S/C32H38ClN3O2/c1-4-6-18-35(22-26-16-17-27(37)21-29(26)33)23-30-31(24-12-9-8-10-13-24)34-32(36(30)19-7-5-2)25-14-11-15-28(20-25)38-3/h8-17,20-21,37H,4-7,18-19,22-23H2,1-3H3. The second kappa shape index (κ2) is 13.5. The smallest absolute Gasteiger partial charge is 0.141 e. The van der Waals surface area contributed by atoms with Crippen molar-refractivity contribution in [2.24, 2.45) is 0 Å². The molecule has 0 atom stereocenters. The number of hydrogen-bond donors (Lipinski definition) is 1. The Labute approximate surface area is 231 Å². The van der Waals surface area contributed by atoms with Crippen molar-refractivity contribution in [2.45, 2.75) is 59.2 Å². The minimum atomic E-state index is 0.186. The van der Waals surface area contributed by atoms with Gasteiger partial charge in [0.15, 0.2) is 0 Å². The van der Waals surface area contributed by atoms with Gasteiger partial charge in [0.25, 0.3) is 0 Å². The van der Waals surface area contributed by atoms with Gasteiger partial charge in [0, 0.05) is 35.8 Å². The first-order valence-electron chi connectivity index (χ1n) is 13.5. The summed E-state index contributed by atoms with van der Waals surface area (Å²) < 4.78 is 7.94. The number of unbranched alkanes of at least 4 members (excludes halogenated alkanes) is 2. The van der Waals surface area contributed by atoms with Gasteiger partial charge < -0.3 is 14.4 Å². The molecule has 1 aromatic heterocycles. The van der Waals surface area contributed by atoms with Crippen molar-refractivity contribution < 1.29 is 9.84 Å². The molecule has 5 nitrogen and oxygen atoms in total. The Morgan fingerprint density at radius 1 is 0.895 bits per heavy atom. The van der Waals surface area contributed by atoms with Gasteiger partial charge in [-0.15, -0.1) is 0 Å². The predicted molar refractivity (Wildman–Crippen MR) is 157 cm³/mol. The minimum Gasteiger partial charge on any atom is -0.508 e. The first kappa shape index (κ1) is 27.7. The number of hydrogen-bond acceptors (Lipinski definition) is 4. The molecule has 0 bridgehead atoms. The predicted octanol–water partition coefficient (Wildman–Crippen LogP) is 8.19. The summed E-state index contributed by atoms with van der Waals surface area (Å²) in [4.78, 5) is 7.72. The normalized spacial score (nSPS) is 11.3. The number of halogens is 1. The van der Waals surface area contributed by atoms with Gasteiger partial charge in [0.2, 0.25) is 0 Å². The monoisotopic (exact) mass is 531 g/mol. The molecular formula is C32H38ClN3O2. The van der Waals surface area contributed by atoms with Crippen LogP contribution in [0.5, 0.6) is 11.5 Å². The molecule has 1 heterocycles. The second-order valence-electron chi connectivity index (χ2n) is 9.67. The summed E-state index contributed by atoms with van der Waals surface area (Å²) in [6.07, 6.45) is 4.35. The molecule has 1 N–H and O–H groups in total. The van der Waals surface area contributed by atoms with E-state index in [1.165, 1.54) is 5.69 Å². The van der Waals surface area contributed by atoms with E-state index in [4.69, 9.17) is 21.3 Å². The Kier molecular flexibility index (Phi) is 9.85. The molecule has 0 aliphatic carbocycles. The molecule has 3 aromatic carbocycles. The zero-order valence-electron chi connectivity index (χ0n) is 22.7.